The SMILES string of the molecule is Cc1cc(C(=O)NCc2ccco2)ccc1-n1c(N)c2c(cc1=O)C(=O)NC2=O. The first-order valence-corrected chi connectivity index (χ1v) is 8.69. The summed E-state index contributed by atoms with van der Waals surface area (Å²) in [5.74, 6) is -1.12. The van der Waals surface area contributed by atoms with Gasteiger partial charge in [-0.25, -0.2) is 0 Å². The number of furan rings is 1. The third kappa shape index (κ3) is 3.08. The van der Waals surface area contributed by atoms with Crippen LogP contribution in [-0.4, -0.2) is 22.3 Å². The van der Waals surface area contributed by atoms with E-state index < -0.39 is 17.4 Å². The minimum Gasteiger partial charge on any atom is -0.467 e. The molecule has 0 bridgehead atoms. The van der Waals surface area contributed by atoms with Crippen LogP contribution in [0.3, 0.4) is 0 Å². The minimum absolute atomic E-state index is 0.0331. The first-order chi connectivity index (χ1) is 13.9. The highest BCUT2D eigenvalue weighted by molar-refractivity contribution is 6.23. The van der Waals surface area contributed by atoms with Gasteiger partial charge in [-0.3, -0.25) is 29.1 Å². The third-order valence-corrected chi connectivity index (χ3v) is 4.66. The number of amides is 3. The van der Waals surface area contributed by atoms with Crippen molar-refractivity contribution in [3.05, 3.63) is 81.0 Å². The first kappa shape index (κ1) is 18.2. The normalized spacial score (nSPS) is 12.6. The molecule has 1 aliphatic rings. The number of hydrogen-bond acceptors (Lipinski definition) is 6. The lowest BCUT2D eigenvalue weighted by atomic mass is 10.1. The fourth-order valence-corrected chi connectivity index (χ4v) is 3.26. The Balaban J connectivity index is 1.68. The number of nitrogens with zero attached hydrogens (tertiary/aromatic N) is 1. The summed E-state index contributed by atoms with van der Waals surface area (Å²) in [6, 6.07) is 9.28. The van der Waals surface area contributed by atoms with E-state index in [4.69, 9.17) is 10.2 Å². The Morgan fingerprint density at radius 2 is 1.97 bits per heavy atom. The largest absolute Gasteiger partial charge is 0.467 e. The van der Waals surface area contributed by atoms with E-state index in [-0.39, 0.29) is 29.4 Å². The number of pyridine rings is 1. The predicted molar refractivity (Wildman–Crippen MR) is 103 cm³/mol. The molecule has 146 valence electrons. The van der Waals surface area contributed by atoms with E-state index in [1.165, 1.54) is 6.26 Å². The van der Waals surface area contributed by atoms with Gasteiger partial charge in [-0.05, 0) is 42.8 Å². The molecule has 0 radical (unpaired) electrons. The molecule has 0 saturated heterocycles. The molecule has 0 fully saturated rings. The standard InChI is InChI=1S/C20H16N4O5/c1-10-7-11(18(26)22-9-12-3-2-6-29-12)4-5-14(10)24-15(25)8-13-16(17(24)21)20(28)23-19(13)27/h2-8H,9,21H2,1H3,(H,22,26)(H,23,27,28). The summed E-state index contributed by atoms with van der Waals surface area (Å²) >= 11 is 0. The van der Waals surface area contributed by atoms with E-state index in [0.717, 1.165) is 10.6 Å². The quantitative estimate of drug-likeness (QED) is 0.570. The van der Waals surface area contributed by atoms with E-state index in [1.807, 2.05) is 0 Å². The maximum absolute atomic E-state index is 12.6. The van der Waals surface area contributed by atoms with E-state index in [9.17, 15) is 19.2 Å². The molecule has 3 heterocycles. The summed E-state index contributed by atoms with van der Waals surface area (Å²) in [4.78, 5) is 48.7. The summed E-state index contributed by atoms with van der Waals surface area (Å²) in [6.45, 7) is 1.95. The second-order valence-corrected chi connectivity index (χ2v) is 6.54. The van der Waals surface area contributed by atoms with E-state index in [0.29, 0.717) is 22.6 Å². The van der Waals surface area contributed by atoms with Crippen molar-refractivity contribution >= 4 is 23.5 Å². The Kier molecular flexibility index (Phi) is 4.27. The number of benzene rings is 1. The lowest BCUT2D eigenvalue weighted by molar-refractivity contribution is 0.0878. The van der Waals surface area contributed by atoms with Crippen LogP contribution >= 0.6 is 0 Å². The number of imide groups is 1. The highest BCUT2D eigenvalue weighted by Crippen LogP contribution is 2.24. The number of aromatic nitrogens is 1. The third-order valence-electron chi connectivity index (χ3n) is 4.66. The number of rotatable bonds is 4. The summed E-state index contributed by atoms with van der Waals surface area (Å²) < 4.78 is 6.33. The van der Waals surface area contributed by atoms with Gasteiger partial charge in [0.15, 0.2) is 0 Å². The average Bonchev–Trinajstić information content (AvgIpc) is 3.29. The number of carbonyl (C=O) groups is 3. The zero-order valence-corrected chi connectivity index (χ0v) is 15.3. The van der Waals surface area contributed by atoms with E-state index >= 15 is 0 Å². The summed E-state index contributed by atoms with van der Waals surface area (Å²) in [7, 11) is 0. The van der Waals surface area contributed by atoms with Crippen molar-refractivity contribution in [3.63, 3.8) is 0 Å². The zero-order chi connectivity index (χ0) is 20.7. The van der Waals surface area contributed by atoms with Gasteiger partial charge < -0.3 is 15.5 Å². The van der Waals surface area contributed by atoms with Crippen LogP contribution in [0, 0.1) is 6.92 Å². The molecule has 4 rings (SSSR count). The summed E-state index contributed by atoms with van der Waals surface area (Å²) in [6.07, 6.45) is 1.52. The van der Waals surface area contributed by atoms with Crippen molar-refractivity contribution in [2.45, 2.75) is 13.5 Å². The topological polar surface area (TPSA) is 136 Å². The average molecular weight is 392 g/mol. The Hall–Kier alpha value is -4.14. The number of anilines is 1. The maximum atomic E-state index is 12.6. The molecule has 3 aromatic rings. The summed E-state index contributed by atoms with van der Waals surface area (Å²) in [5.41, 5.74) is 6.81. The predicted octanol–water partition coefficient (Wildman–Crippen LogP) is 1.13. The molecule has 0 unspecified atom stereocenters. The number of nitrogens with one attached hydrogen (secondary N) is 2. The number of aryl methyl sites for hydroxylation is 1. The van der Waals surface area contributed by atoms with Crippen molar-refractivity contribution in [1.29, 1.82) is 0 Å². The lowest BCUT2D eigenvalue weighted by Gasteiger charge is -2.15. The minimum atomic E-state index is -0.652. The molecule has 3 amide bonds. The Morgan fingerprint density at radius 3 is 2.66 bits per heavy atom. The molecule has 0 aliphatic carbocycles. The monoisotopic (exact) mass is 392 g/mol. The smallest absolute Gasteiger partial charge is 0.262 e. The van der Waals surface area contributed by atoms with Gasteiger partial charge >= 0.3 is 0 Å². The Labute approximate surface area is 164 Å². The van der Waals surface area contributed by atoms with Crippen molar-refractivity contribution in [2.24, 2.45) is 0 Å². The molecule has 0 spiro atoms. The molecule has 9 nitrogen and oxygen atoms in total. The van der Waals surface area contributed by atoms with Gasteiger partial charge in [0.25, 0.3) is 23.3 Å². The van der Waals surface area contributed by atoms with Crippen LogP contribution in [0.4, 0.5) is 5.82 Å². The number of nitrogen functional groups attached to an aromatic ring is 1. The molecular formula is C20H16N4O5. The van der Waals surface area contributed by atoms with Crippen LogP contribution in [0.5, 0.6) is 0 Å². The molecule has 0 atom stereocenters. The highest BCUT2D eigenvalue weighted by atomic mass is 16.3. The highest BCUT2D eigenvalue weighted by Gasteiger charge is 2.32. The maximum Gasteiger partial charge on any atom is 0.262 e. The van der Waals surface area contributed by atoms with Crippen molar-refractivity contribution in [2.75, 3.05) is 5.73 Å². The molecule has 4 N–H and O–H groups in total. The molecule has 1 aromatic carbocycles. The van der Waals surface area contributed by atoms with Crippen molar-refractivity contribution in [1.82, 2.24) is 15.2 Å². The Morgan fingerprint density at radius 1 is 1.17 bits per heavy atom. The second kappa shape index (κ2) is 6.79. The van der Waals surface area contributed by atoms with Crippen LogP contribution in [0.1, 0.15) is 42.4 Å². The van der Waals surface area contributed by atoms with Gasteiger partial charge in [-0.15, -0.1) is 0 Å². The van der Waals surface area contributed by atoms with E-state index in [2.05, 4.69) is 10.6 Å². The van der Waals surface area contributed by atoms with Gasteiger partial charge in [0.05, 0.1) is 29.6 Å². The number of hydrogen-bond donors (Lipinski definition) is 3. The second-order valence-electron chi connectivity index (χ2n) is 6.54. The molecular weight excluding hydrogens is 376 g/mol. The van der Waals surface area contributed by atoms with E-state index in [1.54, 1.807) is 37.3 Å². The van der Waals surface area contributed by atoms with Crippen LogP contribution in [0.2, 0.25) is 0 Å². The Bertz CT molecular complexity index is 1220. The van der Waals surface area contributed by atoms with Crippen molar-refractivity contribution < 1.29 is 18.8 Å². The zero-order valence-electron chi connectivity index (χ0n) is 15.3. The van der Waals surface area contributed by atoms with Crippen LogP contribution in [-0.2, 0) is 6.54 Å². The van der Waals surface area contributed by atoms with Gasteiger partial charge in [-0.1, -0.05) is 0 Å². The molecule has 1 aliphatic heterocycles. The number of nitrogens with two attached hydrogens (primary N) is 1. The van der Waals surface area contributed by atoms with Gasteiger partial charge in [-0.2, -0.15) is 0 Å². The van der Waals surface area contributed by atoms with Crippen LogP contribution < -0.4 is 21.9 Å². The van der Waals surface area contributed by atoms with Gasteiger partial charge in [0.2, 0.25) is 0 Å². The van der Waals surface area contributed by atoms with Crippen LogP contribution in [0.25, 0.3) is 5.69 Å². The molecule has 9 heteroatoms. The fraction of sp³-hybridized carbons (Fsp3) is 0.100. The van der Waals surface area contributed by atoms with Crippen molar-refractivity contribution in [3.8, 4) is 5.69 Å². The van der Waals surface area contributed by atoms with Gasteiger partial charge in [0, 0.05) is 11.6 Å². The fourth-order valence-electron chi connectivity index (χ4n) is 3.26. The summed E-state index contributed by atoms with van der Waals surface area (Å²) in [5, 5.41) is 4.86. The van der Waals surface area contributed by atoms with Crippen LogP contribution in [0.15, 0.2) is 51.9 Å². The molecule has 29 heavy (non-hydrogen) atoms. The number of fused-ring (bicyclic) bond motifs is 1. The first-order valence-electron chi connectivity index (χ1n) is 8.69. The number of carbonyl (C=O) groups excluding carboxylic acids is 3. The lowest BCUT2D eigenvalue weighted by Crippen LogP contribution is -2.25. The molecule has 0 saturated carbocycles. The molecule has 2 aromatic heterocycles. The van der Waals surface area contributed by atoms with Gasteiger partial charge in [0.1, 0.15) is 11.6 Å².